The van der Waals surface area contributed by atoms with E-state index in [1.54, 1.807) is 50.2 Å². The summed E-state index contributed by atoms with van der Waals surface area (Å²) in [5, 5.41) is 0.401. The van der Waals surface area contributed by atoms with Crippen LogP contribution in [0.4, 0.5) is 5.95 Å². The van der Waals surface area contributed by atoms with E-state index in [4.69, 9.17) is 28.6 Å². The minimum atomic E-state index is -3.84. The number of aromatic nitrogens is 2. The van der Waals surface area contributed by atoms with E-state index in [-0.39, 0.29) is 29.7 Å². The molecule has 0 aliphatic heterocycles. The number of rotatable bonds is 10. The first-order valence-corrected chi connectivity index (χ1v) is 13.1. The third kappa shape index (κ3) is 7.56. The predicted octanol–water partition coefficient (Wildman–Crippen LogP) is 5.26. The van der Waals surface area contributed by atoms with Crippen molar-refractivity contribution < 1.29 is 17.9 Å². The van der Waals surface area contributed by atoms with Crippen LogP contribution >= 0.6 is 39.7 Å². The quantitative estimate of drug-likeness (QED) is 0.326. The van der Waals surface area contributed by atoms with Crippen LogP contribution in [-0.2, 0) is 21.2 Å². The highest BCUT2D eigenvalue weighted by Crippen LogP contribution is 2.27. The van der Waals surface area contributed by atoms with E-state index >= 15 is 0 Å². The molecule has 34 heavy (non-hydrogen) atoms. The van der Waals surface area contributed by atoms with Crippen molar-refractivity contribution in [2.24, 2.45) is 0 Å². The van der Waals surface area contributed by atoms with Gasteiger partial charge in [0.15, 0.2) is 5.78 Å². The van der Waals surface area contributed by atoms with Gasteiger partial charge < -0.3 is 4.74 Å². The van der Waals surface area contributed by atoms with Gasteiger partial charge in [-0.3, -0.25) is 4.79 Å². The molecule has 2 aromatic carbocycles. The Morgan fingerprint density at radius 3 is 2.35 bits per heavy atom. The molecular weight excluding hydrogens is 562 g/mol. The molecular formula is C23H21BrClN3O4S2. The average Bonchev–Trinajstić information content (AvgIpc) is 2.72. The number of nitrogens with zero attached hydrogens (tertiary/aromatic N) is 2. The summed E-state index contributed by atoms with van der Waals surface area (Å²) in [5.41, 5.74) is 2.11. The van der Waals surface area contributed by atoms with Gasteiger partial charge >= 0.3 is 0 Å². The molecule has 3 rings (SSSR count). The Balaban J connectivity index is 1.55. The van der Waals surface area contributed by atoms with E-state index in [2.05, 4.69) is 30.6 Å². The van der Waals surface area contributed by atoms with Crippen molar-refractivity contribution in [1.82, 2.24) is 9.97 Å². The molecule has 1 heterocycles. The largest absolute Gasteiger partial charge is 0.484 e. The Labute approximate surface area is 217 Å². The highest BCUT2D eigenvalue weighted by Gasteiger charge is 2.17. The number of benzene rings is 2. The maximum atomic E-state index is 12.6. The minimum absolute atomic E-state index is 0.0212. The number of aryl methyl sites for hydroxylation is 2. The maximum absolute atomic E-state index is 12.6. The molecule has 0 unspecified atom stereocenters. The third-order valence-corrected chi connectivity index (χ3v) is 6.94. The Morgan fingerprint density at radius 2 is 1.74 bits per heavy atom. The molecule has 0 aliphatic rings. The van der Waals surface area contributed by atoms with Gasteiger partial charge in [0, 0.05) is 33.6 Å². The number of thiocarbonyl (C=S) groups is 1. The number of hydrogen-bond donors (Lipinski definition) is 1. The Kier molecular flexibility index (Phi) is 8.75. The van der Waals surface area contributed by atoms with Crippen LogP contribution in [0.2, 0.25) is 5.02 Å². The van der Waals surface area contributed by atoms with Gasteiger partial charge in [-0.25, -0.2) is 23.1 Å². The fourth-order valence-corrected chi connectivity index (χ4v) is 5.05. The second-order valence-corrected chi connectivity index (χ2v) is 11.1. The number of anilines is 1. The molecule has 3 aromatic rings. The summed E-state index contributed by atoms with van der Waals surface area (Å²) in [6, 6.07) is 13.1. The lowest BCUT2D eigenvalue weighted by atomic mass is 10.1. The number of nitrogens with one attached hydrogen (secondary N) is 1. The Hall–Kier alpha value is -2.40. The van der Waals surface area contributed by atoms with Crippen LogP contribution in [0.5, 0.6) is 5.75 Å². The molecule has 178 valence electrons. The first-order valence-electron chi connectivity index (χ1n) is 10.1. The van der Waals surface area contributed by atoms with Crippen molar-refractivity contribution >= 4 is 66.4 Å². The van der Waals surface area contributed by atoms with Crippen LogP contribution in [0.3, 0.4) is 0 Å². The van der Waals surface area contributed by atoms with Crippen LogP contribution in [0.25, 0.3) is 0 Å². The van der Waals surface area contributed by atoms with Gasteiger partial charge in [0.05, 0.1) is 9.92 Å². The van der Waals surface area contributed by atoms with Gasteiger partial charge in [0.2, 0.25) is 5.95 Å². The van der Waals surface area contributed by atoms with E-state index < -0.39 is 10.0 Å². The molecule has 0 atom stereocenters. The molecule has 0 saturated heterocycles. The monoisotopic (exact) mass is 581 g/mol. The number of hydrogen-bond acceptors (Lipinski definition) is 7. The molecule has 1 aromatic heterocycles. The molecule has 0 amide bonds. The summed E-state index contributed by atoms with van der Waals surface area (Å²) in [6.07, 6.45) is 0.420. The molecule has 0 fully saturated rings. The second-order valence-electron chi connectivity index (χ2n) is 7.52. The van der Waals surface area contributed by atoms with E-state index in [0.717, 1.165) is 10.0 Å². The summed E-state index contributed by atoms with van der Waals surface area (Å²) in [5.74, 6) is 0.259. The SMILES string of the molecule is Cc1cc(C)nc(NS(=O)(=O)c2ccc(CC(=S)CC(=O)COc3ccc(Br)cc3Cl)cc2)n1. The molecule has 0 saturated carbocycles. The first-order chi connectivity index (χ1) is 16.0. The van der Waals surface area contributed by atoms with Crippen molar-refractivity contribution in [2.75, 3.05) is 11.3 Å². The van der Waals surface area contributed by atoms with E-state index in [1.165, 1.54) is 12.1 Å². The van der Waals surface area contributed by atoms with Crippen molar-refractivity contribution in [3.63, 3.8) is 0 Å². The average molecular weight is 583 g/mol. The van der Waals surface area contributed by atoms with Gasteiger partial charge in [0.25, 0.3) is 10.0 Å². The molecule has 0 radical (unpaired) electrons. The van der Waals surface area contributed by atoms with E-state index in [1.807, 2.05) is 0 Å². The lowest BCUT2D eigenvalue weighted by Crippen LogP contribution is -2.17. The summed E-state index contributed by atoms with van der Waals surface area (Å²) < 4.78 is 34.0. The summed E-state index contributed by atoms with van der Waals surface area (Å²) in [4.78, 5) is 21.0. The van der Waals surface area contributed by atoms with E-state index in [9.17, 15) is 13.2 Å². The standard InChI is InChI=1S/C23H21BrClN3O4S2/c1-14-9-15(2)27-23(26-14)28-34(30,31)20-6-3-16(4-7-20)10-19(33)12-18(29)13-32-22-8-5-17(24)11-21(22)25/h3-9,11H,10,12-13H2,1-2H3,(H,26,27,28). The highest BCUT2D eigenvalue weighted by atomic mass is 79.9. The number of carbonyl (C=O) groups excluding carboxylic acids is 1. The molecule has 0 bridgehead atoms. The fourth-order valence-electron chi connectivity index (χ4n) is 3.05. The third-order valence-electron chi connectivity index (χ3n) is 4.52. The van der Waals surface area contributed by atoms with Crippen LogP contribution in [0.1, 0.15) is 23.4 Å². The highest BCUT2D eigenvalue weighted by molar-refractivity contribution is 9.10. The smallest absolute Gasteiger partial charge is 0.264 e. The number of ketones is 1. The second kappa shape index (κ2) is 11.4. The first kappa shape index (κ1) is 26.2. The van der Waals surface area contributed by atoms with Gasteiger partial charge in [-0.15, -0.1) is 0 Å². The normalized spacial score (nSPS) is 11.2. The van der Waals surface area contributed by atoms with Crippen molar-refractivity contribution in [3.05, 3.63) is 75.0 Å². The zero-order chi connectivity index (χ0) is 24.9. The van der Waals surface area contributed by atoms with Gasteiger partial charge in [-0.05, 0) is 55.8 Å². The molecule has 0 spiro atoms. The van der Waals surface area contributed by atoms with Crippen LogP contribution < -0.4 is 9.46 Å². The number of sulfonamides is 1. The number of ether oxygens (including phenoxy) is 1. The van der Waals surface area contributed by atoms with Crippen LogP contribution in [0.15, 0.2) is 57.9 Å². The zero-order valence-corrected chi connectivity index (χ0v) is 22.3. The molecule has 1 N–H and O–H groups in total. The number of halogens is 2. The number of Topliss-reactive ketones (excluding diaryl/α,β-unsaturated/α-hetero) is 1. The van der Waals surface area contributed by atoms with Crippen LogP contribution in [-0.4, -0.2) is 35.6 Å². The van der Waals surface area contributed by atoms with Gasteiger partial charge in [0.1, 0.15) is 12.4 Å². The fraction of sp³-hybridized carbons (Fsp3) is 0.217. The summed E-state index contributed by atoms with van der Waals surface area (Å²) in [7, 11) is -3.84. The molecule has 11 heteroatoms. The Morgan fingerprint density at radius 1 is 1.09 bits per heavy atom. The number of carbonyl (C=O) groups is 1. The van der Waals surface area contributed by atoms with Gasteiger partial charge in [-0.2, -0.15) is 0 Å². The van der Waals surface area contributed by atoms with Crippen molar-refractivity contribution in [3.8, 4) is 5.75 Å². The molecule has 0 aliphatic carbocycles. The predicted molar refractivity (Wildman–Crippen MR) is 139 cm³/mol. The topological polar surface area (TPSA) is 98.2 Å². The van der Waals surface area contributed by atoms with Crippen molar-refractivity contribution in [1.29, 1.82) is 0 Å². The summed E-state index contributed by atoms with van der Waals surface area (Å²) in [6.45, 7) is 3.37. The maximum Gasteiger partial charge on any atom is 0.264 e. The molecule has 7 nitrogen and oxygen atoms in total. The lowest BCUT2D eigenvalue weighted by molar-refractivity contribution is -0.119. The minimum Gasteiger partial charge on any atom is -0.484 e. The summed E-state index contributed by atoms with van der Waals surface area (Å²) >= 11 is 14.7. The van der Waals surface area contributed by atoms with Gasteiger partial charge in [-0.1, -0.05) is 51.9 Å². The van der Waals surface area contributed by atoms with E-state index in [0.29, 0.717) is 33.4 Å². The Bertz CT molecular complexity index is 1310. The van der Waals surface area contributed by atoms with Crippen molar-refractivity contribution in [2.45, 2.75) is 31.6 Å². The van der Waals surface area contributed by atoms with Crippen LogP contribution in [0, 0.1) is 13.8 Å². The zero-order valence-electron chi connectivity index (χ0n) is 18.3. The lowest BCUT2D eigenvalue weighted by Gasteiger charge is -2.10.